The summed E-state index contributed by atoms with van der Waals surface area (Å²) >= 11 is 0. The molecule has 3 aromatic rings. The fraction of sp³-hybridized carbons (Fsp3) is 0.429. The van der Waals surface area contributed by atoms with Crippen LogP contribution in [0.2, 0.25) is 0 Å². The van der Waals surface area contributed by atoms with Gasteiger partial charge in [0.05, 0.1) is 20.8 Å². The van der Waals surface area contributed by atoms with Crippen LogP contribution in [0.1, 0.15) is 48.0 Å². The highest BCUT2D eigenvalue weighted by atomic mass is 16.5. The number of aromatic nitrogens is 2. The Morgan fingerprint density at radius 1 is 1.03 bits per heavy atom. The van der Waals surface area contributed by atoms with Gasteiger partial charge in [-0.25, -0.2) is 0 Å². The van der Waals surface area contributed by atoms with Gasteiger partial charge >= 0.3 is 11.8 Å². The first-order valence-electron chi connectivity index (χ1n) is 12.7. The second-order valence-electron chi connectivity index (χ2n) is 9.67. The zero-order valence-electron chi connectivity index (χ0n) is 22.3. The van der Waals surface area contributed by atoms with E-state index < -0.39 is 5.91 Å². The van der Waals surface area contributed by atoms with E-state index in [4.69, 9.17) is 14.0 Å². The van der Waals surface area contributed by atoms with Crippen LogP contribution in [-0.4, -0.2) is 67.8 Å². The molecule has 1 fully saturated rings. The summed E-state index contributed by atoms with van der Waals surface area (Å²) in [7, 11) is 7.31. The number of carbonyl (C=O) groups excluding carboxylic acids is 2. The van der Waals surface area contributed by atoms with Gasteiger partial charge in [-0.05, 0) is 69.5 Å². The fourth-order valence-electron chi connectivity index (χ4n) is 5.14. The molecule has 1 atom stereocenters. The number of benzene rings is 2. The lowest BCUT2D eigenvalue weighted by Gasteiger charge is -2.37. The molecule has 1 unspecified atom stereocenters. The van der Waals surface area contributed by atoms with Gasteiger partial charge in [-0.1, -0.05) is 35.5 Å². The van der Waals surface area contributed by atoms with Gasteiger partial charge in [0.2, 0.25) is 11.7 Å². The second-order valence-corrected chi connectivity index (χ2v) is 9.67. The molecule has 0 aliphatic heterocycles. The number of hydrogen-bond donors (Lipinski definition) is 2. The monoisotopic (exact) mass is 521 g/mol. The van der Waals surface area contributed by atoms with Crippen molar-refractivity contribution in [3.05, 3.63) is 60.0 Å². The summed E-state index contributed by atoms with van der Waals surface area (Å²) < 4.78 is 15.6. The maximum absolute atomic E-state index is 12.5. The Hall–Kier alpha value is -3.92. The first kappa shape index (κ1) is 27.1. The van der Waals surface area contributed by atoms with Crippen molar-refractivity contribution in [2.24, 2.45) is 5.92 Å². The van der Waals surface area contributed by atoms with Gasteiger partial charge in [0.15, 0.2) is 11.5 Å². The van der Waals surface area contributed by atoms with Crippen molar-refractivity contribution in [2.45, 2.75) is 37.8 Å². The third-order valence-electron chi connectivity index (χ3n) is 6.95. The minimum atomic E-state index is -0.611. The van der Waals surface area contributed by atoms with Crippen molar-refractivity contribution in [3.63, 3.8) is 0 Å². The van der Waals surface area contributed by atoms with Crippen molar-refractivity contribution in [1.82, 2.24) is 25.7 Å². The number of rotatable bonds is 10. The average molecular weight is 522 g/mol. The Morgan fingerprint density at radius 2 is 1.74 bits per heavy atom. The van der Waals surface area contributed by atoms with E-state index >= 15 is 0 Å². The molecular formula is C28H35N5O5. The highest BCUT2D eigenvalue weighted by Crippen LogP contribution is 2.37. The summed E-state index contributed by atoms with van der Waals surface area (Å²) in [4.78, 5) is 31.4. The van der Waals surface area contributed by atoms with Gasteiger partial charge in [0, 0.05) is 17.6 Å². The molecule has 38 heavy (non-hydrogen) atoms. The SMILES string of the molecule is COc1ccc(-c2noc(C(=O)NCC(=O)NC3CCC(C(c4ccccc4)N(C)C)CC3)n2)cc1OC. The molecule has 10 heteroatoms. The number of nitrogens with one attached hydrogen (secondary N) is 2. The van der Waals surface area contributed by atoms with Gasteiger partial charge in [-0.2, -0.15) is 4.98 Å². The second kappa shape index (κ2) is 12.6. The lowest BCUT2D eigenvalue weighted by atomic mass is 9.78. The zero-order valence-corrected chi connectivity index (χ0v) is 22.3. The van der Waals surface area contributed by atoms with Crippen molar-refractivity contribution < 1.29 is 23.6 Å². The highest BCUT2D eigenvalue weighted by Gasteiger charge is 2.30. The number of nitrogens with zero attached hydrogens (tertiary/aromatic N) is 3. The van der Waals surface area contributed by atoms with Crippen LogP contribution in [0.5, 0.6) is 11.5 Å². The first-order chi connectivity index (χ1) is 18.4. The highest BCUT2D eigenvalue weighted by molar-refractivity contribution is 5.93. The van der Waals surface area contributed by atoms with Crippen molar-refractivity contribution in [2.75, 3.05) is 34.9 Å². The van der Waals surface area contributed by atoms with Crippen LogP contribution in [0, 0.1) is 5.92 Å². The largest absolute Gasteiger partial charge is 0.493 e. The molecule has 1 aromatic heterocycles. The Morgan fingerprint density at radius 3 is 2.39 bits per heavy atom. The topological polar surface area (TPSA) is 119 Å². The fourth-order valence-corrected chi connectivity index (χ4v) is 5.14. The summed E-state index contributed by atoms with van der Waals surface area (Å²) in [6.07, 6.45) is 3.85. The standard InChI is InChI=1S/C28H35N5O5/c1-33(2)25(18-8-6-5-7-9-18)19-10-13-21(14-11-19)30-24(34)17-29-27(35)28-31-26(32-38-28)20-12-15-22(36-3)23(16-20)37-4/h5-9,12,15-16,19,21,25H,10-11,13-14,17H2,1-4H3,(H,29,35)(H,30,34). The van der Waals surface area contributed by atoms with Crippen LogP contribution in [0.4, 0.5) is 0 Å². The number of ether oxygens (including phenoxy) is 2. The molecule has 0 bridgehead atoms. The van der Waals surface area contributed by atoms with Gasteiger partial charge in [0.1, 0.15) is 0 Å². The minimum Gasteiger partial charge on any atom is -0.493 e. The zero-order chi connectivity index (χ0) is 27.1. The predicted octanol–water partition coefficient (Wildman–Crippen LogP) is 3.46. The normalized spacial score (nSPS) is 18.0. The van der Waals surface area contributed by atoms with Crippen LogP contribution < -0.4 is 20.1 Å². The molecule has 2 aromatic carbocycles. The lowest BCUT2D eigenvalue weighted by molar-refractivity contribution is -0.121. The van der Waals surface area contributed by atoms with Gasteiger partial charge in [-0.3, -0.25) is 9.59 Å². The first-order valence-corrected chi connectivity index (χ1v) is 12.7. The molecule has 1 saturated carbocycles. The van der Waals surface area contributed by atoms with Crippen molar-refractivity contribution in [1.29, 1.82) is 0 Å². The maximum atomic E-state index is 12.5. The van der Waals surface area contributed by atoms with Gasteiger partial charge < -0.3 is 29.5 Å². The molecule has 1 aliphatic rings. The minimum absolute atomic E-state index is 0.0919. The Bertz CT molecular complexity index is 1220. The van der Waals surface area contributed by atoms with Crippen molar-refractivity contribution >= 4 is 11.8 Å². The Labute approximate surface area is 222 Å². The lowest BCUT2D eigenvalue weighted by Crippen LogP contribution is -2.44. The molecule has 2 N–H and O–H groups in total. The summed E-state index contributed by atoms with van der Waals surface area (Å²) in [5, 5.41) is 9.48. The molecule has 4 rings (SSSR count). The Kier molecular flexibility index (Phi) is 8.96. The van der Waals surface area contributed by atoms with E-state index in [9.17, 15) is 9.59 Å². The summed E-state index contributed by atoms with van der Waals surface area (Å²) in [6, 6.07) is 16.1. The van der Waals surface area contributed by atoms with Gasteiger partial charge in [0.25, 0.3) is 0 Å². The van der Waals surface area contributed by atoms with Crippen LogP contribution in [0.25, 0.3) is 11.4 Å². The van der Waals surface area contributed by atoms with E-state index in [2.05, 4.69) is 64.0 Å². The molecule has 1 aliphatic carbocycles. The predicted molar refractivity (Wildman–Crippen MR) is 142 cm³/mol. The van der Waals surface area contributed by atoms with E-state index in [1.165, 1.54) is 12.7 Å². The molecular weight excluding hydrogens is 486 g/mol. The van der Waals surface area contributed by atoms with E-state index in [0.29, 0.717) is 29.0 Å². The Balaban J connectivity index is 1.25. The molecule has 1 heterocycles. The van der Waals surface area contributed by atoms with Crippen LogP contribution >= 0.6 is 0 Å². The molecule has 0 spiro atoms. The van der Waals surface area contributed by atoms with E-state index in [1.807, 2.05) is 6.07 Å². The van der Waals surface area contributed by atoms with E-state index in [0.717, 1.165) is 25.7 Å². The number of hydrogen-bond acceptors (Lipinski definition) is 8. The number of amides is 2. The molecule has 0 radical (unpaired) electrons. The van der Waals surface area contributed by atoms with Gasteiger partial charge in [-0.15, -0.1) is 0 Å². The smallest absolute Gasteiger partial charge is 0.316 e. The van der Waals surface area contributed by atoms with E-state index in [-0.39, 0.29) is 30.2 Å². The van der Waals surface area contributed by atoms with Crippen molar-refractivity contribution in [3.8, 4) is 22.9 Å². The molecule has 10 nitrogen and oxygen atoms in total. The number of methoxy groups -OCH3 is 2. The molecule has 0 saturated heterocycles. The summed E-state index contributed by atoms with van der Waals surface area (Å²) in [5.41, 5.74) is 1.92. The number of carbonyl (C=O) groups is 2. The van der Waals surface area contributed by atoms with Crippen LogP contribution in [0.15, 0.2) is 53.1 Å². The average Bonchev–Trinajstić information content (AvgIpc) is 3.43. The quantitative estimate of drug-likeness (QED) is 0.416. The van der Waals surface area contributed by atoms with Crippen LogP contribution in [0.3, 0.4) is 0 Å². The van der Waals surface area contributed by atoms with Crippen LogP contribution in [-0.2, 0) is 4.79 Å². The maximum Gasteiger partial charge on any atom is 0.316 e. The summed E-state index contributed by atoms with van der Waals surface area (Å²) in [6.45, 7) is -0.169. The molecule has 2 amide bonds. The van der Waals surface area contributed by atoms with E-state index in [1.54, 1.807) is 25.3 Å². The third-order valence-corrected chi connectivity index (χ3v) is 6.95. The third kappa shape index (κ3) is 6.49. The summed E-state index contributed by atoms with van der Waals surface area (Å²) in [5.74, 6) is 0.739. The molecule has 202 valence electrons.